The van der Waals surface area contributed by atoms with E-state index in [1.54, 1.807) is 0 Å². The van der Waals surface area contributed by atoms with Crippen LogP contribution >= 0.6 is 0 Å². The van der Waals surface area contributed by atoms with E-state index in [2.05, 4.69) is 9.97 Å². The Bertz CT molecular complexity index is 654. The maximum Gasteiger partial charge on any atom is 0.406 e. The summed E-state index contributed by atoms with van der Waals surface area (Å²) >= 11 is 0. The second-order valence-corrected chi connectivity index (χ2v) is 3.69. The van der Waals surface area contributed by atoms with Gasteiger partial charge in [0.1, 0.15) is 0 Å². The molecule has 0 aliphatic carbocycles. The van der Waals surface area contributed by atoms with Crippen molar-refractivity contribution in [3.63, 3.8) is 0 Å². The fourth-order valence-electron chi connectivity index (χ4n) is 1.49. The molecule has 0 amide bonds. The second-order valence-electron chi connectivity index (χ2n) is 3.69. The van der Waals surface area contributed by atoms with Crippen molar-refractivity contribution in [1.82, 2.24) is 9.97 Å². The number of aromatic carboxylic acids is 1. The van der Waals surface area contributed by atoms with Gasteiger partial charge in [0.25, 0.3) is 0 Å². The Morgan fingerprint density at radius 1 is 1.29 bits per heavy atom. The Hall–Kier alpha value is -3.10. The van der Waals surface area contributed by atoms with Crippen LogP contribution in [-0.2, 0) is 0 Å². The summed E-state index contributed by atoms with van der Waals surface area (Å²) < 4.78 is 15.3. The Kier molecular flexibility index (Phi) is 4.02. The molecule has 0 fully saturated rings. The van der Waals surface area contributed by atoms with Gasteiger partial charge >= 0.3 is 17.7 Å². The molecule has 9 heteroatoms. The monoisotopic (exact) mass is 293 g/mol. The minimum absolute atomic E-state index is 0.166. The molecule has 2 aromatic heterocycles. The highest BCUT2D eigenvalue weighted by atomic mass is 16.5. The lowest BCUT2D eigenvalue weighted by Gasteiger charge is -2.09. The van der Waals surface area contributed by atoms with Gasteiger partial charge in [0.15, 0.2) is 6.20 Å². The molecule has 1 N–H and O–H groups in total. The van der Waals surface area contributed by atoms with Gasteiger partial charge in [-0.25, -0.2) is 4.79 Å². The highest BCUT2D eigenvalue weighted by Crippen LogP contribution is 2.24. The first-order valence-corrected chi connectivity index (χ1v) is 5.65. The molecule has 0 radical (unpaired) electrons. The van der Waals surface area contributed by atoms with Gasteiger partial charge in [0.2, 0.25) is 17.5 Å². The predicted octanol–water partition coefficient (Wildman–Crippen LogP) is 0.618. The summed E-state index contributed by atoms with van der Waals surface area (Å²) in [6.45, 7) is 0. The minimum Gasteiger partial charge on any atom is -0.618 e. The van der Waals surface area contributed by atoms with E-state index >= 15 is 0 Å². The zero-order valence-corrected chi connectivity index (χ0v) is 11.1. The molecule has 0 aromatic carbocycles. The van der Waals surface area contributed by atoms with Gasteiger partial charge in [-0.2, -0.15) is 14.7 Å². The molecule has 21 heavy (non-hydrogen) atoms. The molecule has 9 nitrogen and oxygen atoms in total. The Morgan fingerprint density at radius 2 is 1.90 bits per heavy atom. The van der Waals surface area contributed by atoms with Crippen molar-refractivity contribution in [3.05, 3.63) is 35.3 Å². The third kappa shape index (κ3) is 3.08. The van der Waals surface area contributed by atoms with E-state index in [1.165, 1.54) is 32.4 Å². The van der Waals surface area contributed by atoms with Gasteiger partial charge in [0, 0.05) is 6.07 Å². The number of hydrogen-bond donors (Lipinski definition) is 1. The Balaban J connectivity index is 2.43. The average molecular weight is 293 g/mol. The summed E-state index contributed by atoms with van der Waals surface area (Å²) in [4.78, 5) is 18.9. The number of hydrogen-bond acceptors (Lipinski definition) is 7. The van der Waals surface area contributed by atoms with Gasteiger partial charge < -0.3 is 24.5 Å². The van der Waals surface area contributed by atoms with E-state index < -0.39 is 11.7 Å². The molecular formula is C12H11N3O6. The van der Waals surface area contributed by atoms with E-state index in [0.29, 0.717) is 0 Å². The third-order valence-electron chi connectivity index (χ3n) is 2.40. The van der Waals surface area contributed by atoms with Crippen molar-refractivity contribution >= 4 is 5.97 Å². The fraction of sp³-hybridized carbons (Fsp3) is 0.167. The first kappa shape index (κ1) is 14.3. The van der Waals surface area contributed by atoms with Crippen LogP contribution in [0.5, 0.6) is 23.5 Å². The summed E-state index contributed by atoms with van der Waals surface area (Å²) in [5, 5.41) is 20.5. The van der Waals surface area contributed by atoms with Gasteiger partial charge in [-0.3, -0.25) is 0 Å². The standard InChI is InChI=1S/C12H11N3O6/c1-19-8-6-9(20-2)14-12(13-8)21-7-4-3-5-15(18)10(7)11(16)17/h3-6H,1-2H3,(H,16,17). The first-order valence-electron chi connectivity index (χ1n) is 5.65. The maximum absolute atomic E-state index is 11.5. The van der Waals surface area contributed by atoms with Crippen LogP contribution in [0.15, 0.2) is 24.4 Å². The fourth-order valence-corrected chi connectivity index (χ4v) is 1.49. The van der Waals surface area contributed by atoms with Crippen molar-refractivity contribution in [2.75, 3.05) is 14.2 Å². The van der Waals surface area contributed by atoms with Crippen LogP contribution in [0, 0.1) is 5.21 Å². The van der Waals surface area contributed by atoms with Crippen LogP contribution < -0.4 is 18.9 Å². The summed E-state index contributed by atoms with van der Waals surface area (Å²) in [5.74, 6) is -1.30. The third-order valence-corrected chi connectivity index (χ3v) is 2.40. The number of pyridine rings is 1. The molecule has 0 saturated heterocycles. The molecule has 2 aromatic rings. The van der Waals surface area contributed by atoms with E-state index in [4.69, 9.17) is 19.3 Å². The number of nitrogens with zero attached hydrogens (tertiary/aromatic N) is 3. The van der Waals surface area contributed by atoms with E-state index in [1.807, 2.05) is 0 Å². The van der Waals surface area contributed by atoms with Crippen LogP contribution in [0.25, 0.3) is 0 Å². The Morgan fingerprint density at radius 3 is 2.43 bits per heavy atom. The number of carboxylic acids is 1. The highest BCUT2D eigenvalue weighted by molar-refractivity contribution is 5.86. The van der Waals surface area contributed by atoms with Crippen molar-refractivity contribution < 1.29 is 28.8 Å². The second kappa shape index (κ2) is 5.90. The van der Waals surface area contributed by atoms with E-state index in [-0.39, 0.29) is 28.3 Å². The zero-order valence-electron chi connectivity index (χ0n) is 11.1. The number of rotatable bonds is 5. The first-order chi connectivity index (χ1) is 10.0. The average Bonchev–Trinajstić information content (AvgIpc) is 2.46. The van der Waals surface area contributed by atoms with Crippen LogP contribution in [0.2, 0.25) is 0 Å². The lowest BCUT2D eigenvalue weighted by atomic mass is 10.3. The summed E-state index contributed by atoms with van der Waals surface area (Å²) in [7, 11) is 2.78. The number of methoxy groups -OCH3 is 2. The largest absolute Gasteiger partial charge is 0.618 e. The maximum atomic E-state index is 11.5. The number of carbonyl (C=O) groups is 1. The van der Waals surface area contributed by atoms with Crippen LogP contribution in [-0.4, -0.2) is 35.3 Å². The van der Waals surface area contributed by atoms with Crippen LogP contribution in [0.4, 0.5) is 0 Å². The van der Waals surface area contributed by atoms with Crippen molar-refractivity contribution in [1.29, 1.82) is 0 Å². The number of carboxylic acid groups (broad SMARTS) is 1. The minimum atomic E-state index is -1.43. The molecule has 0 saturated carbocycles. The normalized spacial score (nSPS) is 10.0. The van der Waals surface area contributed by atoms with Crippen LogP contribution in [0.3, 0.4) is 0 Å². The van der Waals surface area contributed by atoms with E-state index in [0.717, 1.165) is 6.20 Å². The van der Waals surface area contributed by atoms with E-state index in [9.17, 15) is 10.0 Å². The molecular weight excluding hydrogens is 282 g/mol. The topological polar surface area (TPSA) is 118 Å². The number of ether oxygens (including phenoxy) is 3. The molecule has 0 spiro atoms. The molecule has 0 unspecified atom stereocenters. The molecule has 0 aliphatic rings. The van der Waals surface area contributed by atoms with Crippen LogP contribution in [0.1, 0.15) is 10.5 Å². The van der Waals surface area contributed by atoms with Crippen molar-refractivity contribution in [2.24, 2.45) is 0 Å². The lowest BCUT2D eigenvalue weighted by Crippen LogP contribution is -2.34. The summed E-state index contributed by atoms with van der Waals surface area (Å²) in [6, 6.07) is 3.86. The summed E-state index contributed by atoms with van der Waals surface area (Å²) in [5.41, 5.74) is -0.581. The molecule has 0 atom stereocenters. The smallest absolute Gasteiger partial charge is 0.406 e. The van der Waals surface area contributed by atoms with Gasteiger partial charge in [0.05, 0.1) is 20.3 Å². The molecule has 0 bridgehead atoms. The SMILES string of the molecule is COc1cc(OC)nc(Oc2ccc[n+]([O-])c2C(=O)O)n1. The lowest BCUT2D eigenvalue weighted by molar-refractivity contribution is -0.608. The van der Waals surface area contributed by atoms with Gasteiger partial charge in [-0.05, 0) is 6.07 Å². The summed E-state index contributed by atoms with van der Waals surface area (Å²) in [6.07, 6.45) is 1.04. The molecule has 110 valence electrons. The number of aromatic nitrogens is 3. The van der Waals surface area contributed by atoms with Gasteiger partial charge in [-0.15, -0.1) is 0 Å². The molecule has 2 heterocycles. The quantitative estimate of drug-likeness (QED) is 0.629. The molecule has 2 rings (SSSR count). The van der Waals surface area contributed by atoms with Gasteiger partial charge in [-0.1, -0.05) is 0 Å². The zero-order chi connectivity index (χ0) is 15.4. The van der Waals surface area contributed by atoms with Crippen molar-refractivity contribution in [3.8, 4) is 23.5 Å². The Labute approximate surface area is 118 Å². The highest BCUT2D eigenvalue weighted by Gasteiger charge is 2.23. The predicted molar refractivity (Wildman–Crippen MR) is 67.6 cm³/mol. The molecule has 0 aliphatic heterocycles. The van der Waals surface area contributed by atoms with Crippen molar-refractivity contribution in [2.45, 2.75) is 0 Å².